The molecule has 1 aliphatic rings. The zero-order valence-electron chi connectivity index (χ0n) is 18.5. The van der Waals surface area contributed by atoms with Crippen LogP contribution in [0.25, 0.3) is 10.9 Å². The Bertz CT molecular complexity index is 1140. The van der Waals surface area contributed by atoms with E-state index < -0.39 is 0 Å². The smallest absolute Gasteiger partial charge is 0.253 e. The number of fused-ring (bicyclic) bond motifs is 1. The van der Waals surface area contributed by atoms with Crippen molar-refractivity contribution >= 4 is 33.9 Å². The van der Waals surface area contributed by atoms with E-state index >= 15 is 0 Å². The first-order chi connectivity index (χ1) is 15.5. The number of aryl methyl sites for hydroxylation is 1. The average Bonchev–Trinajstić information content (AvgIpc) is 3.29. The fraction of sp³-hybridized carbons (Fsp3) is 0.360. The van der Waals surface area contributed by atoms with Crippen LogP contribution in [0.5, 0.6) is 5.75 Å². The topological polar surface area (TPSA) is 66.6 Å². The van der Waals surface area contributed by atoms with Crippen molar-refractivity contribution in [1.29, 1.82) is 0 Å². The van der Waals surface area contributed by atoms with Crippen LogP contribution in [0.3, 0.4) is 0 Å². The molecule has 1 aliphatic heterocycles. The summed E-state index contributed by atoms with van der Waals surface area (Å²) >= 11 is 5.75. The summed E-state index contributed by atoms with van der Waals surface area (Å²) in [6.07, 6.45) is 2.15. The highest BCUT2D eigenvalue weighted by Gasteiger charge is 2.22. The lowest BCUT2D eigenvalue weighted by molar-refractivity contribution is 0.0904. The number of anilines is 1. The van der Waals surface area contributed by atoms with Crippen LogP contribution in [0.15, 0.2) is 53.3 Å². The molecular weight excluding hydrogens is 422 g/mol. The van der Waals surface area contributed by atoms with Gasteiger partial charge in [0.25, 0.3) is 5.56 Å². The standard InChI is InChI=1S/C25H29N3O3S/c1-3-30-21-11-9-20(10-12-21)26-25(32)28(16-22-8-5-13-31-22)15-19-14-18-7-4-6-17(2)23(18)27-24(19)29/h4,6-7,9-12,14,22H,3,5,8,13,15-16H2,1-2H3,(H,26,32)(H,27,29)/t22-/m1/s1. The number of aromatic amines is 1. The van der Waals surface area contributed by atoms with E-state index in [9.17, 15) is 4.79 Å². The lowest BCUT2D eigenvalue weighted by Gasteiger charge is -2.28. The molecule has 32 heavy (non-hydrogen) atoms. The highest BCUT2D eigenvalue weighted by Crippen LogP contribution is 2.20. The second-order valence-corrected chi connectivity index (χ2v) is 8.45. The minimum absolute atomic E-state index is 0.0898. The summed E-state index contributed by atoms with van der Waals surface area (Å²) in [5.74, 6) is 0.818. The number of benzene rings is 2. The molecule has 7 heteroatoms. The molecule has 3 aromatic rings. The molecule has 168 valence electrons. The SMILES string of the molecule is CCOc1ccc(NC(=S)N(Cc2cc3cccc(C)c3[nH]c2=O)C[C@H]2CCCO2)cc1. The molecule has 0 aliphatic carbocycles. The Kier molecular flexibility index (Phi) is 7.07. The summed E-state index contributed by atoms with van der Waals surface area (Å²) in [4.78, 5) is 17.9. The zero-order valence-corrected chi connectivity index (χ0v) is 19.3. The summed E-state index contributed by atoms with van der Waals surface area (Å²) in [6.45, 7) is 6.39. The Labute approximate surface area is 193 Å². The van der Waals surface area contributed by atoms with Gasteiger partial charge in [0, 0.05) is 24.4 Å². The zero-order chi connectivity index (χ0) is 22.5. The number of ether oxygens (including phenoxy) is 2. The van der Waals surface area contributed by atoms with E-state index in [0.717, 1.165) is 47.4 Å². The van der Waals surface area contributed by atoms with Crippen LogP contribution < -0.4 is 15.6 Å². The highest BCUT2D eigenvalue weighted by atomic mass is 32.1. The third-order valence-corrected chi connectivity index (χ3v) is 6.04. The molecule has 6 nitrogen and oxygen atoms in total. The van der Waals surface area contributed by atoms with Gasteiger partial charge in [0.1, 0.15) is 5.75 Å². The Morgan fingerprint density at radius 2 is 2.09 bits per heavy atom. The number of rotatable bonds is 7. The number of hydrogen-bond donors (Lipinski definition) is 2. The molecule has 1 saturated heterocycles. The third kappa shape index (κ3) is 5.29. The van der Waals surface area contributed by atoms with Crippen molar-refractivity contribution in [1.82, 2.24) is 9.88 Å². The maximum absolute atomic E-state index is 12.8. The molecule has 1 fully saturated rings. The summed E-state index contributed by atoms with van der Waals surface area (Å²) in [6, 6.07) is 15.7. The van der Waals surface area contributed by atoms with Gasteiger partial charge >= 0.3 is 0 Å². The first kappa shape index (κ1) is 22.3. The predicted octanol–water partition coefficient (Wildman–Crippen LogP) is 4.61. The van der Waals surface area contributed by atoms with Gasteiger partial charge in [-0.3, -0.25) is 4.79 Å². The summed E-state index contributed by atoms with van der Waals surface area (Å²) in [7, 11) is 0. The van der Waals surface area contributed by atoms with Crippen molar-refractivity contribution in [2.24, 2.45) is 0 Å². The van der Waals surface area contributed by atoms with E-state index in [2.05, 4.69) is 10.3 Å². The number of nitrogens with zero attached hydrogens (tertiary/aromatic N) is 1. The van der Waals surface area contributed by atoms with Crippen LogP contribution in [0.2, 0.25) is 0 Å². The van der Waals surface area contributed by atoms with Crippen LogP contribution in [0.1, 0.15) is 30.9 Å². The minimum Gasteiger partial charge on any atom is -0.494 e. The van der Waals surface area contributed by atoms with Crippen molar-refractivity contribution in [3.8, 4) is 5.75 Å². The van der Waals surface area contributed by atoms with E-state index in [1.54, 1.807) is 0 Å². The Morgan fingerprint density at radius 3 is 2.81 bits per heavy atom. The Morgan fingerprint density at radius 1 is 1.28 bits per heavy atom. The molecule has 1 aromatic heterocycles. The monoisotopic (exact) mass is 451 g/mol. The van der Waals surface area contributed by atoms with E-state index in [1.165, 1.54) is 0 Å². The Hall–Kier alpha value is -2.90. The molecule has 1 atom stereocenters. The lowest BCUT2D eigenvalue weighted by Crippen LogP contribution is -2.40. The number of para-hydroxylation sites is 1. The maximum atomic E-state index is 12.8. The van der Waals surface area contributed by atoms with Gasteiger partial charge in [-0.05, 0) is 80.2 Å². The molecule has 4 rings (SSSR count). The van der Waals surface area contributed by atoms with E-state index in [-0.39, 0.29) is 11.7 Å². The largest absolute Gasteiger partial charge is 0.494 e. The number of aromatic nitrogens is 1. The number of thiocarbonyl (C=S) groups is 1. The van der Waals surface area contributed by atoms with Gasteiger partial charge in [-0.1, -0.05) is 18.2 Å². The average molecular weight is 452 g/mol. The van der Waals surface area contributed by atoms with Crippen molar-refractivity contribution in [3.63, 3.8) is 0 Å². The lowest BCUT2D eigenvalue weighted by atomic mass is 10.1. The van der Waals surface area contributed by atoms with Gasteiger partial charge in [0.2, 0.25) is 0 Å². The summed E-state index contributed by atoms with van der Waals surface area (Å²) < 4.78 is 11.4. The fourth-order valence-corrected chi connectivity index (χ4v) is 4.27. The molecule has 0 spiro atoms. The number of nitrogens with one attached hydrogen (secondary N) is 2. The first-order valence-electron chi connectivity index (χ1n) is 11.1. The number of pyridine rings is 1. The van der Waals surface area contributed by atoms with Crippen LogP contribution in [-0.4, -0.2) is 40.9 Å². The quantitative estimate of drug-likeness (QED) is 0.511. The normalized spacial score (nSPS) is 15.6. The molecule has 0 amide bonds. The summed E-state index contributed by atoms with van der Waals surface area (Å²) in [5, 5.41) is 4.88. The third-order valence-electron chi connectivity index (χ3n) is 5.68. The summed E-state index contributed by atoms with van der Waals surface area (Å²) in [5.41, 5.74) is 3.39. The van der Waals surface area contributed by atoms with Crippen molar-refractivity contribution < 1.29 is 9.47 Å². The minimum atomic E-state index is -0.0898. The van der Waals surface area contributed by atoms with Crippen molar-refractivity contribution in [2.45, 2.75) is 39.3 Å². The predicted molar refractivity (Wildman–Crippen MR) is 133 cm³/mol. The van der Waals surface area contributed by atoms with Crippen molar-refractivity contribution in [3.05, 3.63) is 70.0 Å². The van der Waals surface area contributed by atoms with Crippen LogP contribution in [-0.2, 0) is 11.3 Å². The molecule has 0 radical (unpaired) electrons. The van der Waals surface area contributed by atoms with Gasteiger partial charge in [-0.25, -0.2) is 0 Å². The first-order valence-corrected chi connectivity index (χ1v) is 11.5. The number of hydrogen-bond acceptors (Lipinski definition) is 4. The molecule has 0 bridgehead atoms. The van der Waals surface area contributed by atoms with Crippen LogP contribution in [0.4, 0.5) is 5.69 Å². The molecule has 2 N–H and O–H groups in total. The second-order valence-electron chi connectivity index (χ2n) is 8.07. The fourth-order valence-electron chi connectivity index (χ4n) is 4.01. The van der Waals surface area contributed by atoms with Crippen LogP contribution >= 0.6 is 12.2 Å². The van der Waals surface area contributed by atoms with Gasteiger partial charge in [-0.2, -0.15) is 0 Å². The van der Waals surface area contributed by atoms with Crippen LogP contribution in [0, 0.1) is 6.92 Å². The molecule has 0 unspecified atom stereocenters. The second kappa shape index (κ2) is 10.1. The molecule has 0 saturated carbocycles. The van der Waals surface area contributed by atoms with E-state index in [4.69, 9.17) is 21.7 Å². The van der Waals surface area contributed by atoms with E-state index in [1.807, 2.05) is 67.3 Å². The molecular formula is C25H29N3O3S. The van der Waals surface area contributed by atoms with E-state index in [0.29, 0.717) is 30.4 Å². The van der Waals surface area contributed by atoms with Gasteiger partial charge in [0.05, 0.1) is 24.8 Å². The maximum Gasteiger partial charge on any atom is 0.253 e. The Balaban J connectivity index is 1.56. The van der Waals surface area contributed by atoms with Gasteiger partial charge in [-0.15, -0.1) is 0 Å². The molecule has 2 aromatic carbocycles. The highest BCUT2D eigenvalue weighted by molar-refractivity contribution is 7.80. The van der Waals surface area contributed by atoms with Gasteiger partial charge < -0.3 is 24.7 Å². The van der Waals surface area contributed by atoms with Gasteiger partial charge in [0.15, 0.2) is 5.11 Å². The molecule has 2 heterocycles. The number of H-pyrrole nitrogens is 1. The van der Waals surface area contributed by atoms with Crippen molar-refractivity contribution in [2.75, 3.05) is 25.1 Å².